The summed E-state index contributed by atoms with van der Waals surface area (Å²) in [5.74, 6) is -0.537. The molecule has 1 aliphatic heterocycles. The average Bonchev–Trinajstić information content (AvgIpc) is 2.87. The minimum Gasteiger partial charge on any atom is -0.465 e. The van der Waals surface area contributed by atoms with Crippen LogP contribution in [0, 0.1) is 29.6 Å². The standard InChI is InChI=1S/C24H31NO5/c1-3-29-23(27)20-11-17-9-15(2)10-21-19(17)12-18(22(20)26)13-25(21)24(28)30-14-16-7-5-4-6-8-16/h4-8,15,17-21H,3,9-14H2,1-2H3/t15-,17+,18-,19-,20?,21+/m1/s1. The van der Waals surface area contributed by atoms with Crippen molar-refractivity contribution < 1.29 is 23.9 Å². The summed E-state index contributed by atoms with van der Waals surface area (Å²) in [5.41, 5.74) is 0.939. The van der Waals surface area contributed by atoms with Crippen molar-refractivity contribution in [3.05, 3.63) is 35.9 Å². The molecule has 30 heavy (non-hydrogen) atoms. The maximum absolute atomic E-state index is 13.2. The third-order valence-electron chi connectivity index (χ3n) is 7.12. The van der Waals surface area contributed by atoms with Crippen molar-refractivity contribution in [2.75, 3.05) is 13.2 Å². The highest BCUT2D eigenvalue weighted by Crippen LogP contribution is 2.49. The van der Waals surface area contributed by atoms with Crippen LogP contribution in [0.3, 0.4) is 0 Å². The molecular weight excluding hydrogens is 382 g/mol. The molecular formula is C24H31NO5. The molecule has 1 unspecified atom stereocenters. The van der Waals surface area contributed by atoms with Crippen LogP contribution in [0.25, 0.3) is 0 Å². The first-order valence-corrected chi connectivity index (χ1v) is 11.2. The van der Waals surface area contributed by atoms with Crippen molar-refractivity contribution in [3.63, 3.8) is 0 Å². The van der Waals surface area contributed by atoms with E-state index in [0.29, 0.717) is 18.9 Å². The summed E-state index contributed by atoms with van der Waals surface area (Å²) in [5, 5.41) is 0. The number of benzene rings is 1. The molecule has 1 saturated heterocycles. The fourth-order valence-electron chi connectivity index (χ4n) is 5.82. The molecule has 6 atom stereocenters. The van der Waals surface area contributed by atoms with Crippen molar-refractivity contribution in [2.24, 2.45) is 29.6 Å². The number of hydrogen-bond acceptors (Lipinski definition) is 5. The van der Waals surface area contributed by atoms with Crippen LogP contribution in [0.5, 0.6) is 0 Å². The van der Waals surface area contributed by atoms with Gasteiger partial charge in [-0.25, -0.2) is 4.79 Å². The lowest BCUT2D eigenvalue weighted by Gasteiger charge is -2.49. The lowest BCUT2D eigenvalue weighted by molar-refractivity contribution is -0.153. The molecule has 162 valence electrons. The molecule has 6 nitrogen and oxygen atoms in total. The number of likely N-dealkylation sites (tertiary alicyclic amines) is 1. The Kier molecular flexibility index (Phi) is 6.11. The number of hydrogen-bond donors (Lipinski definition) is 0. The van der Waals surface area contributed by atoms with Crippen LogP contribution in [0.2, 0.25) is 0 Å². The number of esters is 1. The van der Waals surface area contributed by atoms with Gasteiger partial charge in [-0.3, -0.25) is 9.59 Å². The van der Waals surface area contributed by atoms with Crippen molar-refractivity contribution in [2.45, 2.75) is 52.2 Å². The Balaban J connectivity index is 1.55. The molecule has 0 N–H and O–H groups in total. The van der Waals surface area contributed by atoms with Crippen molar-refractivity contribution in [1.29, 1.82) is 0 Å². The molecule has 4 rings (SSSR count). The third-order valence-corrected chi connectivity index (χ3v) is 7.12. The second-order valence-electron chi connectivity index (χ2n) is 9.14. The van der Waals surface area contributed by atoms with Gasteiger partial charge < -0.3 is 14.4 Å². The molecule has 0 aromatic heterocycles. The van der Waals surface area contributed by atoms with E-state index in [1.807, 2.05) is 30.3 Å². The normalized spacial score (nSPS) is 32.9. The molecule has 1 aromatic carbocycles. The Morgan fingerprint density at radius 3 is 2.57 bits per heavy atom. The van der Waals surface area contributed by atoms with Crippen LogP contribution in [-0.2, 0) is 25.7 Å². The number of fused-ring (bicyclic) bond motifs is 1. The zero-order valence-electron chi connectivity index (χ0n) is 17.8. The van der Waals surface area contributed by atoms with Gasteiger partial charge in [-0.05, 0) is 55.9 Å². The van der Waals surface area contributed by atoms with E-state index in [-0.39, 0.29) is 48.9 Å². The van der Waals surface area contributed by atoms with E-state index in [2.05, 4.69) is 6.92 Å². The topological polar surface area (TPSA) is 72.9 Å². The Morgan fingerprint density at radius 2 is 1.83 bits per heavy atom. The maximum Gasteiger partial charge on any atom is 0.410 e. The quantitative estimate of drug-likeness (QED) is 0.554. The summed E-state index contributed by atoms with van der Waals surface area (Å²) in [7, 11) is 0. The minimum atomic E-state index is -0.698. The SMILES string of the molecule is CCOC(=O)C1C[C@@H]2C[C@@H](C)C[C@H]3[C@@H]2C[C@H](CN3C(=O)OCc2ccccc2)C1=O. The Hall–Kier alpha value is -2.37. The summed E-state index contributed by atoms with van der Waals surface area (Å²) in [6, 6.07) is 9.69. The molecule has 0 spiro atoms. The first-order valence-electron chi connectivity index (χ1n) is 11.2. The number of carbonyl (C=O) groups is 3. The highest BCUT2D eigenvalue weighted by Gasteiger charge is 2.52. The Labute approximate surface area is 177 Å². The highest BCUT2D eigenvalue weighted by molar-refractivity contribution is 6.00. The molecule has 2 aliphatic carbocycles. The number of Topliss-reactive ketones (excluding diaryl/α,β-unsaturated/α-hetero) is 1. The zero-order valence-corrected chi connectivity index (χ0v) is 17.8. The number of rotatable bonds is 4. The Morgan fingerprint density at radius 1 is 1.07 bits per heavy atom. The second kappa shape index (κ2) is 8.78. The number of ketones is 1. The zero-order chi connectivity index (χ0) is 21.3. The van der Waals surface area contributed by atoms with Crippen molar-refractivity contribution in [1.82, 2.24) is 4.90 Å². The Bertz CT molecular complexity index is 794. The minimum absolute atomic E-state index is 0.0604. The molecule has 3 aliphatic rings. The van der Waals surface area contributed by atoms with Gasteiger partial charge in [0.25, 0.3) is 0 Å². The highest BCUT2D eigenvalue weighted by atomic mass is 16.6. The fraction of sp³-hybridized carbons (Fsp3) is 0.625. The van der Waals surface area contributed by atoms with Crippen molar-refractivity contribution in [3.8, 4) is 0 Å². The van der Waals surface area contributed by atoms with E-state index in [1.54, 1.807) is 11.8 Å². The van der Waals surface area contributed by atoms with E-state index < -0.39 is 11.9 Å². The predicted molar refractivity (Wildman–Crippen MR) is 110 cm³/mol. The summed E-state index contributed by atoms with van der Waals surface area (Å²) in [4.78, 5) is 40.6. The second-order valence-corrected chi connectivity index (χ2v) is 9.14. The largest absolute Gasteiger partial charge is 0.465 e. The fourth-order valence-corrected chi connectivity index (χ4v) is 5.82. The number of ether oxygens (including phenoxy) is 2. The molecule has 1 amide bonds. The van der Waals surface area contributed by atoms with Crippen LogP contribution >= 0.6 is 0 Å². The molecule has 6 heteroatoms. The summed E-state index contributed by atoms with van der Waals surface area (Å²) in [6.07, 6.45) is 2.87. The summed E-state index contributed by atoms with van der Waals surface area (Å²) in [6.45, 7) is 4.79. The van der Waals surface area contributed by atoms with Gasteiger partial charge in [0.05, 0.1) is 6.61 Å². The van der Waals surface area contributed by atoms with Crippen LogP contribution in [-0.4, -0.2) is 41.9 Å². The van der Waals surface area contributed by atoms with Crippen LogP contribution in [0.1, 0.15) is 45.1 Å². The van der Waals surface area contributed by atoms with Crippen LogP contribution < -0.4 is 0 Å². The maximum atomic E-state index is 13.2. The lowest BCUT2D eigenvalue weighted by atomic mass is 9.66. The molecule has 1 heterocycles. The monoisotopic (exact) mass is 413 g/mol. The number of carbonyl (C=O) groups excluding carboxylic acids is 3. The average molecular weight is 414 g/mol. The van der Waals surface area contributed by atoms with E-state index in [9.17, 15) is 14.4 Å². The number of piperidine rings is 1. The third kappa shape index (κ3) is 4.09. The van der Waals surface area contributed by atoms with Gasteiger partial charge in [0, 0.05) is 18.5 Å². The van der Waals surface area contributed by atoms with E-state index >= 15 is 0 Å². The smallest absolute Gasteiger partial charge is 0.410 e. The van der Waals surface area contributed by atoms with Gasteiger partial charge in [-0.15, -0.1) is 0 Å². The molecule has 2 saturated carbocycles. The van der Waals surface area contributed by atoms with E-state index in [0.717, 1.165) is 24.8 Å². The molecule has 2 bridgehead atoms. The summed E-state index contributed by atoms with van der Waals surface area (Å²) >= 11 is 0. The van der Waals surface area contributed by atoms with Gasteiger partial charge in [0.1, 0.15) is 12.5 Å². The van der Waals surface area contributed by atoms with Gasteiger partial charge in [0.2, 0.25) is 0 Å². The van der Waals surface area contributed by atoms with E-state index in [4.69, 9.17) is 9.47 Å². The molecule has 1 aromatic rings. The van der Waals surface area contributed by atoms with E-state index in [1.165, 1.54) is 0 Å². The first kappa shape index (κ1) is 20.9. The number of nitrogens with zero attached hydrogens (tertiary/aromatic N) is 1. The van der Waals surface area contributed by atoms with Gasteiger partial charge in [-0.2, -0.15) is 0 Å². The summed E-state index contributed by atoms with van der Waals surface area (Å²) < 4.78 is 10.8. The lowest BCUT2D eigenvalue weighted by Crippen LogP contribution is -2.56. The predicted octanol–water partition coefficient (Wildman–Crippen LogP) is 3.83. The van der Waals surface area contributed by atoms with Gasteiger partial charge in [-0.1, -0.05) is 37.3 Å². The van der Waals surface area contributed by atoms with Crippen LogP contribution in [0.15, 0.2) is 30.3 Å². The van der Waals surface area contributed by atoms with Gasteiger partial charge >= 0.3 is 12.1 Å². The number of amides is 1. The van der Waals surface area contributed by atoms with Gasteiger partial charge in [0.15, 0.2) is 5.78 Å². The molecule has 0 radical (unpaired) electrons. The van der Waals surface area contributed by atoms with Crippen LogP contribution in [0.4, 0.5) is 4.79 Å². The first-order chi connectivity index (χ1) is 14.5. The molecule has 3 fully saturated rings. The van der Waals surface area contributed by atoms with Crippen molar-refractivity contribution >= 4 is 17.8 Å².